The van der Waals surface area contributed by atoms with Gasteiger partial charge in [0.15, 0.2) is 5.82 Å². The number of aryl methyl sites for hydroxylation is 1. The number of aromatic nitrogens is 4. The predicted octanol–water partition coefficient (Wildman–Crippen LogP) is 3.68. The normalized spacial score (nSPS) is 11.6. The van der Waals surface area contributed by atoms with E-state index in [0.717, 1.165) is 21.4 Å². The fourth-order valence-electron chi connectivity index (χ4n) is 2.83. The van der Waals surface area contributed by atoms with E-state index in [2.05, 4.69) is 55.1 Å². The zero-order valence-corrected chi connectivity index (χ0v) is 16.5. The van der Waals surface area contributed by atoms with Gasteiger partial charge in [0.25, 0.3) is 0 Å². The minimum Gasteiger partial charge on any atom is -0.336 e. The van der Waals surface area contributed by atoms with Crippen LogP contribution in [0.25, 0.3) is 4.96 Å². The first-order chi connectivity index (χ1) is 12.5. The number of benzene rings is 1. The highest BCUT2D eigenvalue weighted by Gasteiger charge is 2.19. The van der Waals surface area contributed by atoms with Crippen molar-refractivity contribution in [2.45, 2.75) is 59.0 Å². The van der Waals surface area contributed by atoms with Crippen molar-refractivity contribution in [3.8, 4) is 0 Å². The van der Waals surface area contributed by atoms with Gasteiger partial charge in [0.1, 0.15) is 5.01 Å². The van der Waals surface area contributed by atoms with Gasteiger partial charge in [-0.15, -0.1) is 10.2 Å². The molecule has 0 N–H and O–H groups in total. The van der Waals surface area contributed by atoms with Gasteiger partial charge in [0.05, 0.1) is 0 Å². The molecule has 0 aliphatic rings. The van der Waals surface area contributed by atoms with E-state index < -0.39 is 0 Å². The maximum absolute atomic E-state index is 12.8. The molecule has 1 aromatic carbocycles. The minimum absolute atomic E-state index is 0.152. The van der Waals surface area contributed by atoms with Crippen LogP contribution in [0, 0.1) is 0 Å². The molecule has 6 nitrogen and oxygen atoms in total. The molecule has 2 heterocycles. The quantitative estimate of drug-likeness (QED) is 0.635. The Bertz CT molecular complexity index is 869. The molecular weight excluding hydrogens is 346 g/mol. The molecule has 0 atom stereocenters. The number of fused-ring (bicyclic) bond motifs is 1. The molecule has 0 radical (unpaired) electrons. The Kier molecular flexibility index (Phi) is 5.66. The first kappa shape index (κ1) is 18.5. The molecule has 0 unspecified atom stereocenters. The summed E-state index contributed by atoms with van der Waals surface area (Å²) in [6.45, 7) is 8.89. The van der Waals surface area contributed by atoms with E-state index in [9.17, 15) is 4.79 Å². The standard InChI is InChI=1S/C19H25N5OS/c1-13(2)18-20-21-19-24(18)22-16(26-19)10-11-17(25)23(14(3)4)12-15-8-6-5-7-9-15/h5-9,13-14H,10-12H2,1-4H3. The Labute approximate surface area is 157 Å². The van der Waals surface area contributed by atoms with E-state index in [1.54, 1.807) is 4.52 Å². The summed E-state index contributed by atoms with van der Waals surface area (Å²) >= 11 is 1.51. The summed E-state index contributed by atoms with van der Waals surface area (Å²) < 4.78 is 1.80. The lowest BCUT2D eigenvalue weighted by Crippen LogP contribution is -2.36. The molecule has 0 fully saturated rings. The third kappa shape index (κ3) is 4.09. The maximum Gasteiger partial charge on any atom is 0.234 e. The molecular formula is C19H25N5OS. The van der Waals surface area contributed by atoms with Crippen LogP contribution in [0.15, 0.2) is 30.3 Å². The van der Waals surface area contributed by atoms with Gasteiger partial charge in [-0.25, -0.2) is 0 Å². The van der Waals surface area contributed by atoms with Crippen LogP contribution >= 0.6 is 11.3 Å². The number of amides is 1. The summed E-state index contributed by atoms with van der Waals surface area (Å²) in [4.78, 5) is 15.5. The van der Waals surface area contributed by atoms with Gasteiger partial charge in [-0.2, -0.15) is 9.61 Å². The van der Waals surface area contributed by atoms with Crippen molar-refractivity contribution in [2.75, 3.05) is 0 Å². The Hall–Kier alpha value is -2.28. The van der Waals surface area contributed by atoms with Crippen molar-refractivity contribution in [3.05, 3.63) is 46.7 Å². The highest BCUT2D eigenvalue weighted by Crippen LogP contribution is 2.20. The Morgan fingerprint density at radius 1 is 1.15 bits per heavy atom. The summed E-state index contributed by atoms with van der Waals surface area (Å²) in [6.07, 6.45) is 1.08. The van der Waals surface area contributed by atoms with Gasteiger partial charge >= 0.3 is 0 Å². The molecule has 0 aliphatic heterocycles. The third-order valence-electron chi connectivity index (χ3n) is 4.27. The van der Waals surface area contributed by atoms with Crippen molar-refractivity contribution >= 4 is 22.2 Å². The molecule has 3 aromatic rings. The molecule has 1 amide bonds. The van der Waals surface area contributed by atoms with E-state index in [-0.39, 0.29) is 17.9 Å². The van der Waals surface area contributed by atoms with Crippen molar-refractivity contribution in [1.29, 1.82) is 0 Å². The summed E-state index contributed by atoms with van der Waals surface area (Å²) in [6, 6.07) is 10.3. The summed E-state index contributed by atoms with van der Waals surface area (Å²) in [5.74, 6) is 1.28. The van der Waals surface area contributed by atoms with Gasteiger partial charge in [0, 0.05) is 31.3 Å². The smallest absolute Gasteiger partial charge is 0.234 e. The number of hydrogen-bond acceptors (Lipinski definition) is 5. The van der Waals surface area contributed by atoms with Gasteiger partial charge in [-0.1, -0.05) is 55.5 Å². The summed E-state index contributed by atoms with van der Waals surface area (Å²) in [5, 5.41) is 13.9. The zero-order chi connectivity index (χ0) is 18.7. The average Bonchev–Trinajstić information content (AvgIpc) is 3.18. The van der Waals surface area contributed by atoms with Crippen LogP contribution in [0.3, 0.4) is 0 Å². The lowest BCUT2D eigenvalue weighted by molar-refractivity contribution is -0.133. The fourth-order valence-corrected chi connectivity index (χ4v) is 3.67. The third-order valence-corrected chi connectivity index (χ3v) is 5.22. The Balaban J connectivity index is 1.66. The molecule has 2 aromatic heterocycles. The van der Waals surface area contributed by atoms with Gasteiger partial charge < -0.3 is 4.90 Å². The number of nitrogens with zero attached hydrogens (tertiary/aromatic N) is 5. The molecule has 7 heteroatoms. The molecule has 0 saturated carbocycles. The second kappa shape index (κ2) is 7.95. The van der Waals surface area contributed by atoms with Gasteiger partial charge in [-0.05, 0) is 19.4 Å². The summed E-state index contributed by atoms with van der Waals surface area (Å²) in [7, 11) is 0. The fraction of sp³-hybridized carbons (Fsp3) is 0.474. The number of carbonyl (C=O) groups is 1. The largest absolute Gasteiger partial charge is 0.336 e. The Morgan fingerprint density at radius 2 is 1.88 bits per heavy atom. The van der Waals surface area contributed by atoms with Crippen molar-refractivity contribution in [1.82, 2.24) is 24.7 Å². The van der Waals surface area contributed by atoms with E-state index >= 15 is 0 Å². The van der Waals surface area contributed by atoms with Crippen molar-refractivity contribution < 1.29 is 4.79 Å². The number of carbonyl (C=O) groups excluding carboxylic acids is 1. The molecule has 0 aliphatic carbocycles. The maximum atomic E-state index is 12.8. The average molecular weight is 372 g/mol. The van der Waals surface area contributed by atoms with E-state index in [1.165, 1.54) is 11.3 Å². The molecule has 0 bridgehead atoms. The first-order valence-electron chi connectivity index (χ1n) is 9.00. The number of rotatable bonds is 7. The van der Waals surface area contributed by atoms with Crippen LogP contribution in [0.4, 0.5) is 0 Å². The van der Waals surface area contributed by atoms with Crippen LogP contribution < -0.4 is 0 Å². The van der Waals surface area contributed by atoms with E-state index in [0.29, 0.717) is 19.4 Å². The SMILES string of the molecule is CC(C)c1nnc2sc(CCC(=O)N(Cc3ccccc3)C(C)C)nn12. The van der Waals surface area contributed by atoms with Crippen LogP contribution in [0.1, 0.15) is 56.4 Å². The van der Waals surface area contributed by atoms with Crippen LogP contribution in [-0.2, 0) is 17.8 Å². The first-order valence-corrected chi connectivity index (χ1v) is 9.81. The van der Waals surface area contributed by atoms with Crippen molar-refractivity contribution in [2.24, 2.45) is 0 Å². The highest BCUT2D eigenvalue weighted by atomic mass is 32.1. The van der Waals surface area contributed by atoms with Crippen LogP contribution in [-0.4, -0.2) is 36.7 Å². The monoisotopic (exact) mass is 371 g/mol. The van der Waals surface area contributed by atoms with Gasteiger partial charge in [0.2, 0.25) is 10.9 Å². The molecule has 0 spiro atoms. The van der Waals surface area contributed by atoms with Gasteiger partial charge in [-0.3, -0.25) is 4.79 Å². The van der Waals surface area contributed by atoms with E-state index in [1.807, 2.05) is 23.1 Å². The lowest BCUT2D eigenvalue weighted by atomic mass is 10.1. The second-order valence-corrected chi connectivity index (χ2v) is 8.04. The van der Waals surface area contributed by atoms with E-state index in [4.69, 9.17) is 0 Å². The summed E-state index contributed by atoms with van der Waals surface area (Å²) in [5.41, 5.74) is 1.15. The lowest BCUT2D eigenvalue weighted by Gasteiger charge is -2.27. The highest BCUT2D eigenvalue weighted by molar-refractivity contribution is 7.16. The predicted molar refractivity (Wildman–Crippen MR) is 103 cm³/mol. The molecule has 0 saturated heterocycles. The zero-order valence-electron chi connectivity index (χ0n) is 15.7. The minimum atomic E-state index is 0.152. The Morgan fingerprint density at radius 3 is 2.54 bits per heavy atom. The molecule has 26 heavy (non-hydrogen) atoms. The topological polar surface area (TPSA) is 63.4 Å². The van der Waals surface area contributed by atoms with Crippen molar-refractivity contribution in [3.63, 3.8) is 0 Å². The van der Waals surface area contributed by atoms with Crippen LogP contribution in [0.5, 0.6) is 0 Å². The molecule has 3 rings (SSSR count). The number of hydrogen-bond donors (Lipinski definition) is 0. The van der Waals surface area contributed by atoms with Crippen LogP contribution in [0.2, 0.25) is 0 Å². The molecule has 138 valence electrons. The second-order valence-electron chi connectivity index (χ2n) is 7.00.